The maximum Gasteiger partial charge on any atom is 0.244 e. The van der Waals surface area contributed by atoms with Crippen LogP contribution >= 0.6 is 0 Å². The third-order valence-corrected chi connectivity index (χ3v) is 4.24. The van der Waals surface area contributed by atoms with Crippen molar-refractivity contribution in [3.63, 3.8) is 0 Å². The van der Waals surface area contributed by atoms with Crippen LogP contribution in [0.15, 0.2) is 4.52 Å². The highest BCUT2D eigenvalue weighted by atomic mass is 16.5. The number of nitrogens with zero attached hydrogens (tertiary/aromatic N) is 2. The predicted octanol–water partition coefficient (Wildman–Crippen LogP) is 3.38. The molecule has 5 nitrogen and oxygen atoms in total. The molecular formula is C15H27N3O2. The molecule has 5 heteroatoms. The SMILES string of the molecule is COC(c1noc([C@@H](N)C(C)(C)C)n1)C1CCCCC1. The summed E-state index contributed by atoms with van der Waals surface area (Å²) in [5.74, 6) is 1.64. The highest BCUT2D eigenvalue weighted by molar-refractivity contribution is 5.00. The van der Waals surface area contributed by atoms with Gasteiger partial charge in [-0.25, -0.2) is 0 Å². The van der Waals surface area contributed by atoms with Gasteiger partial charge in [0.25, 0.3) is 0 Å². The molecule has 1 saturated carbocycles. The summed E-state index contributed by atoms with van der Waals surface area (Å²) in [6.07, 6.45) is 6.12. The van der Waals surface area contributed by atoms with Crippen molar-refractivity contribution in [3.05, 3.63) is 11.7 Å². The van der Waals surface area contributed by atoms with E-state index in [9.17, 15) is 0 Å². The van der Waals surface area contributed by atoms with E-state index in [0.717, 1.165) is 0 Å². The Morgan fingerprint density at radius 3 is 2.45 bits per heavy atom. The monoisotopic (exact) mass is 281 g/mol. The number of hydrogen-bond donors (Lipinski definition) is 1. The van der Waals surface area contributed by atoms with Crippen molar-refractivity contribution >= 4 is 0 Å². The van der Waals surface area contributed by atoms with Crippen molar-refractivity contribution in [2.75, 3.05) is 7.11 Å². The van der Waals surface area contributed by atoms with Gasteiger partial charge in [-0.1, -0.05) is 45.2 Å². The smallest absolute Gasteiger partial charge is 0.244 e. The second kappa shape index (κ2) is 6.22. The molecule has 1 aromatic heterocycles. The maximum atomic E-state index is 6.17. The lowest BCUT2D eigenvalue weighted by molar-refractivity contribution is 0.0273. The molecule has 0 radical (unpaired) electrons. The van der Waals surface area contributed by atoms with Gasteiger partial charge in [-0.05, 0) is 24.2 Å². The van der Waals surface area contributed by atoms with Gasteiger partial charge in [0.2, 0.25) is 11.7 Å². The zero-order valence-electron chi connectivity index (χ0n) is 13.1. The lowest BCUT2D eigenvalue weighted by atomic mass is 9.85. The number of hydrogen-bond acceptors (Lipinski definition) is 5. The van der Waals surface area contributed by atoms with Crippen molar-refractivity contribution in [3.8, 4) is 0 Å². The van der Waals surface area contributed by atoms with Crippen molar-refractivity contribution in [2.24, 2.45) is 17.1 Å². The molecule has 2 N–H and O–H groups in total. The number of methoxy groups -OCH3 is 1. The maximum absolute atomic E-state index is 6.17. The minimum atomic E-state index is -0.257. The minimum Gasteiger partial charge on any atom is -0.373 e. The first-order valence-corrected chi connectivity index (χ1v) is 7.55. The molecule has 0 aliphatic heterocycles. The van der Waals surface area contributed by atoms with Gasteiger partial charge in [0.05, 0.1) is 6.04 Å². The molecule has 114 valence electrons. The average Bonchev–Trinajstić information content (AvgIpc) is 2.88. The Labute approximate surface area is 121 Å². The van der Waals surface area contributed by atoms with E-state index in [1.54, 1.807) is 7.11 Å². The first-order valence-electron chi connectivity index (χ1n) is 7.55. The van der Waals surface area contributed by atoms with E-state index in [1.807, 2.05) is 0 Å². The van der Waals surface area contributed by atoms with Crippen molar-refractivity contribution < 1.29 is 9.26 Å². The van der Waals surface area contributed by atoms with Crippen molar-refractivity contribution in [1.82, 2.24) is 10.1 Å². The van der Waals surface area contributed by atoms with E-state index in [-0.39, 0.29) is 17.6 Å². The molecule has 0 bridgehead atoms. The molecule has 0 aromatic carbocycles. The Morgan fingerprint density at radius 2 is 1.90 bits per heavy atom. The minimum absolute atomic E-state index is 0.0695. The first-order chi connectivity index (χ1) is 9.43. The van der Waals surface area contributed by atoms with E-state index in [4.69, 9.17) is 15.0 Å². The fourth-order valence-electron chi connectivity index (χ4n) is 2.81. The Kier molecular flexibility index (Phi) is 4.81. The molecule has 1 aromatic rings. The quantitative estimate of drug-likeness (QED) is 0.915. The van der Waals surface area contributed by atoms with Crippen molar-refractivity contribution in [1.29, 1.82) is 0 Å². The summed E-state index contributed by atoms with van der Waals surface area (Å²) in [4.78, 5) is 4.50. The van der Waals surface area contributed by atoms with Crippen LogP contribution in [0.3, 0.4) is 0 Å². The molecule has 0 amide bonds. The lowest BCUT2D eigenvalue weighted by Gasteiger charge is -2.27. The Balaban J connectivity index is 2.13. The first kappa shape index (κ1) is 15.4. The van der Waals surface area contributed by atoms with E-state index in [1.165, 1.54) is 32.1 Å². The normalized spacial score (nSPS) is 20.9. The summed E-state index contributed by atoms with van der Waals surface area (Å²) in [6, 6.07) is -0.257. The summed E-state index contributed by atoms with van der Waals surface area (Å²) in [5.41, 5.74) is 6.07. The molecule has 1 fully saturated rings. The zero-order chi connectivity index (χ0) is 14.8. The molecule has 20 heavy (non-hydrogen) atoms. The molecule has 1 aliphatic rings. The standard InChI is InChI=1S/C15H27N3O2/c1-15(2,3)12(16)14-17-13(18-20-14)11(19-4)10-8-6-5-7-9-10/h10-12H,5-9,16H2,1-4H3/t11?,12-/m1/s1. The van der Waals surface area contributed by atoms with E-state index < -0.39 is 0 Å². The summed E-state index contributed by atoms with van der Waals surface area (Å²) in [5, 5.41) is 4.11. The van der Waals surface area contributed by atoms with Gasteiger partial charge in [-0.3, -0.25) is 0 Å². The van der Waals surface area contributed by atoms with Crippen LogP contribution in [-0.2, 0) is 4.74 Å². The van der Waals surface area contributed by atoms with Crippen LogP contribution in [-0.4, -0.2) is 17.3 Å². The predicted molar refractivity (Wildman–Crippen MR) is 77.0 cm³/mol. The van der Waals surface area contributed by atoms with Crippen LogP contribution in [0.1, 0.15) is 76.7 Å². The number of ether oxygens (including phenoxy) is 1. The Morgan fingerprint density at radius 1 is 1.25 bits per heavy atom. The van der Waals surface area contributed by atoms with Crippen LogP contribution in [0, 0.1) is 11.3 Å². The van der Waals surface area contributed by atoms with E-state index >= 15 is 0 Å². The van der Waals surface area contributed by atoms with Crippen LogP contribution in [0.5, 0.6) is 0 Å². The fraction of sp³-hybridized carbons (Fsp3) is 0.867. The third kappa shape index (κ3) is 3.38. The number of aromatic nitrogens is 2. The van der Waals surface area contributed by atoms with Gasteiger partial charge in [0.15, 0.2) is 0 Å². The molecule has 1 heterocycles. The molecule has 2 rings (SSSR count). The second-order valence-corrected chi connectivity index (χ2v) is 6.89. The number of nitrogens with two attached hydrogens (primary N) is 1. The van der Waals surface area contributed by atoms with Crippen molar-refractivity contribution in [2.45, 2.75) is 65.0 Å². The van der Waals surface area contributed by atoms with Gasteiger partial charge >= 0.3 is 0 Å². The second-order valence-electron chi connectivity index (χ2n) is 6.89. The Bertz CT molecular complexity index is 419. The van der Waals surface area contributed by atoms with Crippen LogP contribution in [0.4, 0.5) is 0 Å². The summed E-state index contributed by atoms with van der Waals surface area (Å²) >= 11 is 0. The van der Waals surface area contributed by atoms with Gasteiger partial charge in [-0.2, -0.15) is 4.98 Å². The molecule has 1 aliphatic carbocycles. The molecule has 2 atom stereocenters. The van der Waals surface area contributed by atoms with Gasteiger partial charge in [0, 0.05) is 7.11 Å². The topological polar surface area (TPSA) is 74.2 Å². The molecule has 1 unspecified atom stereocenters. The molecular weight excluding hydrogens is 254 g/mol. The molecule has 0 saturated heterocycles. The summed E-state index contributed by atoms with van der Waals surface area (Å²) < 4.78 is 11.0. The van der Waals surface area contributed by atoms with Gasteiger partial charge in [-0.15, -0.1) is 0 Å². The molecule has 0 spiro atoms. The van der Waals surface area contributed by atoms with Crippen LogP contribution in [0.2, 0.25) is 0 Å². The van der Waals surface area contributed by atoms with Gasteiger partial charge in [0.1, 0.15) is 6.10 Å². The highest BCUT2D eigenvalue weighted by Crippen LogP contribution is 2.36. The highest BCUT2D eigenvalue weighted by Gasteiger charge is 2.32. The fourth-order valence-corrected chi connectivity index (χ4v) is 2.81. The zero-order valence-corrected chi connectivity index (χ0v) is 13.1. The third-order valence-electron chi connectivity index (χ3n) is 4.24. The largest absolute Gasteiger partial charge is 0.373 e. The van der Waals surface area contributed by atoms with Crippen LogP contribution < -0.4 is 5.73 Å². The lowest BCUT2D eigenvalue weighted by Crippen LogP contribution is -2.26. The Hall–Kier alpha value is -0.940. The van der Waals surface area contributed by atoms with Crippen LogP contribution in [0.25, 0.3) is 0 Å². The summed E-state index contributed by atoms with van der Waals surface area (Å²) in [6.45, 7) is 6.20. The van der Waals surface area contributed by atoms with Gasteiger partial charge < -0.3 is 15.0 Å². The number of rotatable bonds is 4. The van der Waals surface area contributed by atoms with E-state index in [2.05, 4.69) is 30.9 Å². The summed E-state index contributed by atoms with van der Waals surface area (Å²) in [7, 11) is 1.72. The van der Waals surface area contributed by atoms with E-state index in [0.29, 0.717) is 17.6 Å². The average molecular weight is 281 g/mol.